The first-order chi connectivity index (χ1) is 14.1. The minimum Gasteiger partial charge on any atom is -0.477 e. The van der Waals surface area contributed by atoms with Crippen LogP contribution in [0, 0.1) is 0 Å². The van der Waals surface area contributed by atoms with Crippen molar-refractivity contribution in [1.29, 1.82) is 0 Å². The van der Waals surface area contributed by atoms with E-state index >= 15 is 0 Å². The van der Waals surface area contributed by atoms with Crippen LogP contribution >= 0.6 is 0 Å². The van der Waals surface area contributed by atoms with Crippen LogP contribution in [0.1, 0.15) is 30.6 Å². The lowest BCUT2D eigenvalue weighted by Gasteiger charge is -2.38. The van der Waals surface area contributed by atoms with Gasteiger partial charge in [-0.1, -0.05) is 37.3 Å². The minimum atomic E-state index is -0.658. The summed E-state index contributed by atoms with van der Waals surface area (Å²) in [5.74, 6) is 0.471. The van der Waals surface area contributed by atoms with E-state index in [0.717, 1.165) is 23.0 Å². The Morgan fingerprint density at radius 3 is 2.79 bits per heavy atom. The predicted molar refractivity (Wildman–Crippen MR) is 114 cm³/mol. The second-order valence-corrected chi connectivity index (χ2v) is 7.31. The number of fused-ring (bicyclic) bond motifs is 2. The van der Waals surface area contributed by atoms with Crippen molar-refractivity contribution in [3.63, 3.8) is 0 Å². The van der Waals surface area contributed by atoms with Gasteiger partial charge in [-0.2, -0.15) is 0 Å². The molecule has 1 aliphatic rings. The van der Waals surface area contributed by atoms with Gasteiger partial charge in [0.1, 0.15) is 5.75 Å². The number of aromatic nitrogens is 1. The molecule has 0 saturated heterocycles. The van der Waals surface area contributed by atoms with Crippen molar-refractivity contribution in [2.45, 2.75) is 32.4 Å². The normalized spacial score (nSPS) is 16.8. The highest BCUT2D eigenvalue weighted by molar-refractivity contribution is 6.11. The monoisotopic (exact) mass is 391 g/mol. The number of hydrogen-bond donors (Lipinski definition) is 2. The molecule has 0 radical (unpaired) electrons. The molecule has 1 aromatic heterocycles. The van der Waals surface area contributed by atoms with Crippen LogP contribution in [-0.4, -0.2) is 41.9 Å². The number of rotatable bonds is 6. The van der Waals surface area contributed by atoms with Crippen LogP contribution in [0.25, 0.3) is 10.9 Å². The van der Waals surface area contributed by atoms with Gasteiger partial charge in [0.25, 0.3) is 5.91 Å². The fourth-order valence-electron chi connectivity index (χ4n) is 3.77. The highest BCUT2D eigenvalue weighted by atomic mass is 16.5. The first-order valence-corrected chi connectivity index (χ1v) is 10.0. The van der Waals surface area contributed by atoms with E-state index in [2.05, 4.69) is 10.3 Å². The molecule has 150 valence electrons. The summed E-state index contributed by atoms with van der Waals surface area (Å²) in [4.78, 5) is 31.1. The number of Topliss-reactive ketones (excluding diaryl/α,β-unsaturated/α-hetero) is 1. The Bertz CT molecular complexity index is 1040. The number of ketones is 1. The maximum Gasteiger partial charge on any atom is 0.262 e. The topological polar surface area (TPSA) is 74.4 Å². The van der Waals surface area contributed by atoms with Gasteiger partial charge in [-0.25, -0.2) is 0 Å². The largest absolute Gasteiger partial charge is 0.477 e. The Labute approximate surface area is 169 Å². The maximum absolute atomic E-state index is 13.4. The average molecular weight is 391 g/mol. The Morgan fingerprint density at radius 2 is 1.97 bits per heavy atom. The van der Waals surface area contributed by atoms with Crippen LogP contribution in [-0.2, 0) is 4.79 Å². The first kappa shape index (κ1) is 19.1. The summed E-state index contributed by atoms with van der Waals surface area (Å²) in [6.45, 7) is 4.81. The molecule has 4 rings (SSSR count). The highest BCUT2D eigenvalue weighted by Crippen LogP contribution is 2.35. The molecule has 3 aromatic rings. The van der Waals surface area contributed by atoms with Crippen LogP contribution in [0.2, 0.25) is 0 Å². The summed E-state index contributed by atoms with van der Waals surface area (Å²) in [5, 5.41) is 3.80. The number of H-pyrrole nitrogens is 1. The number of para-hydroxylation sites is 3. The lowest BCUT2D eigenvalue weighted by Crippen LogP contribution is -2.53. The number of nitrogens with zero attached hydrogens (tertiary/aromatic N) is 1. The first-order valence-electron chi connectivity index (χ1n) is 10.0. The zero-order chi connectivity index (χ0) is 20.4. The number of carbonyl (C=O) groups excluding carboxylic acids is 2. The summed E-state index contributed by atoms with van der Waals surface area (Å²) >= 11 is 0. The SMILES string of the molecule is CCCNC(=O)[C@@H]1CN([C@@H](C)C(=O)c2c[nH]c3ccccc23)c2ccccc2O1. The Hall–Kier alpha value is -3.28. The minimum absolute atomic E-state index is 0.00636. The van der Waals surface area contributed by atoms with Gasteiger partial charge in [0.2, 0.25) is 0 Å². The van der Waals surface area contributed by atoms with Crippen molar-refractivity contribution in [2.75, 3.05) is 18.0 Å². The zero-order valence-electron chi connectivity index (χ0n) is 16.6. The molecule has 0 unspecified atom stereocenters. The number of hydrogen-bond acceptors (Lipinski definition) is 4. The van der Waals surface area contributed by atoms with Crippen LogP contribution < -0.4 is 15.0 Å². The molecule has 0 aliphatic carbocycles. The van der Waals surface area contributed by atoms with Gasteiger partial charge < -0.3 is 19.9 Å². The van der Waals surface area contributed by atoms with E-state index in [9.17, 15) is 9.59 Å². The molecule has 1 amide bonds. The van der Waals surface area contributed by atoms with Crippen LogP contribution in [0.3, 0.4) is 0 Å². The van der Waals surface area contributed by atoms with Crippen molar-refractivity contribution in [3.8, 4) is 5.75 Å². The average Bonchev–Trinajstić information content (AvgIpc) is 3.19. The molecule has 6 nitrogen and oxygen atoms in total. The van der Waals surface area contributed by atoms with E-state index in [0.29, 0.717) is 24.4 Å². The van der Waals surface area contributed by atoms with Crippen molar-refractivity contribution in [1.82, 2.24) is 10.3 Å². The van der Waals surface area contributed by atoms with Crippen molar-refractivity contribution in [2.24, 2.45) is 0 Å². The lowest BCUT2D eigenvalue weighted by atomic mass is 10.0. The summed E-state index contributed by atoms with van der Waals surface area (Å²) in [6.07, 6.45) is 1.96. The van der Waals surface area contributed by atoms with Gasteiger partial charge in [-0.05, 0) is 31.5 Å². The smallest absolute Gasteiger partial charge is 0.262 e. The summed E-state index contributed by atoms with van der Waals surface area (Å²) < 4.78 is 5.94. The number of ether oxygens (including phenoxy) is 1. The van der Waals surface area contributed by atoms with E-state index in [1.54, 1.807) is 6.20 Å². The number of nitrogens with one attached hydrogen (secondary N) is 2. The van der Waals surface area contributed by atoms with E-state index in [1.165, 1.54) is 0 Å². The molecule has 0 fully saturated rings. The molecule has 0 saturated carbocycles. The van der Waals surface area contributed by atoms with E-state index in [-0.39, 0.29) is 11.7 Å². The fraction of sp³-hybridized carbons (Fsp3) is 0.304. The molecule has 2 N–H and O–H groups in total. The Kier molecular flexibility index (Phi) is 5.25. The highest BCUT2D eigenvalue weighted by Gasteiger charge is 2.35. The molecular weight excluding hydrogens is 366 g/mol. The zero-order valence-corrected chi connectivity index (χ0v) is 16.6. The summed E-state index contributed by atoms with van der Waals surface area (Å²) in [5.41, 5.74) is 2.42. The summed E-state index contributed by atoms with van der Waals surface area (Å²) in [7, 11) is 0. The van der Waals surface area contributed by atoms with Crippen molar-refractivity contribution >= 4 is 28.3 Å². The number of carbonyl (C=O) groups is 2. The van der Waals surface area contributed by atoms with Gasteiger partial charge in [0.05, 0.1) is 18.3 Å². The third-order valence-corrected chi connectivity index (χ3v) is 5.35. The molecule has 0 bridgehead atoms. The number of anilines is 1. The number of aromatic amines is 1. The fourth-order valence-corrected chi connectivity index (χ4v) is 3.77. The van der Waals surface area contributed by atoms with E-state index in [1.807, 2.05) is 67.3 Å². The maximum atomic E-state index is 13.4. The van der Waals surface area contributed by atoms with Gasteiger partial charge >= 0.3 is 0 Å². The molecule has 2 aromatic carbocycles. The predicted octanol–water partition coefficient (Wildman–Crippen LogP) is 3.53. The quantitative estimate of drug-likeness (QED) is 0.631. The van der Waals surface area contributed by atoms with Crippen LogP contribution in [0.4, 0.5) is 5.69 Å². The molecule has 2 heterocycles. The Morgan fingerprint density at radius 1 is 1.21 bits per heavy atom. The number of benzene rings is 2. The van der Waals surface area contributed by atoms with Crippen molar-refractivity contribution < 1.29 is 14.3 Å². The second kappa shape index (κ2) is 7.99. The van der Waals surface area contributed by atoms with Crippen molar-refractivity contribution in [3.05, 3.63) is 60.3 Å². The summed E-state index contributed by atoms with van der Waals surface area (Å²) in [6, 6.07) is 14.9. The molecule has 2 atom stereocenters. The third-order valence-electron chi connectivity index (χ3n) is 5.35. The molecule has 1 aliphatic heterocycles. The standard InChI is InChI=1S/C23H25N3O3/c1-3-12-24-23(28)21-14-26(19-10-6-7-11-20(19)29-21)15(2)22(27)17-13-25-18-9-5-4-8-16(17)18/h4-11,13,15,21,25H,3,12,14H2,1-2H3,(H,24,28)/t15-,21-/m0/s1. The Balaban J connectivity index is 1.64. The molecule has 6 heteroatoms. The van der Waals surface area contributed by atoms with Gasteiger partial charge in [0.15, 0.2) is 11.9 Å². The van der Waals surface area contributed by atoms with Gasteiger partial charge in [0, 0.05) is 29.2 Å². The van der Waals surface area contributed by atoms with Gasteiger partial charge in [-0.15, -0.1) is 0 Å². The van der Waals surface area contributed by atoms with Crippen LogP contribution in [0.5, 0.6) is 5.75 Å². The molecule has 29 heavy (non-hydrogen) atoms. The van der Waals surface area contributed by atoms with E-state index < -0.39 is 12.1 Å². The van der Waals surface area contributed by atoms with Gasteiger partial charge in [-0.3, -0.25) is 9.59 Å². The lowest BCUT2D eigenvalue weighted by molar-refractivity contribution is -0.127. The van der Waals surface area contributed by atoms with Crippen LogP contribution in [0.15, 0.2) is 54.7 Å². The third kappa shape index (κ3) is 3.58. The van der Waals surface area contributed by atoms with E-state index in [4.69, 9.17) is 4.74 Å². The second-order valence-electron chi connectivity index (χ2n) is 7.31. The molecular formula is C23H25N3O3. The number of amides is 1. The molecule has 0 spiro atoms.